The van der Waals surface area contributed by atoms with Crippen molar-refractivity contribution < 1.29 is 19.0 Å². The minimum atomic E-state index is -0.433. The molecule has 1 aromatic carbocycles. The van der Waals surface area contributed by atoms with E-state index in [4.69, 9.17) is 9.84 Å². The van der Waals surface area contributed by atoms with Crippen molar-refractivity contribution in [1.29, 1.82) is 0 Å². The Balaban J connectivity index is 1.92. The molecule has 1 aliphatic heterocycles. The average molecular weight is 346 g/mol. The van der Waals surface area contributed by atoms with Gasteiger partial charge in [-0.1, -0.05) is 0 Å². The summed E-state index contributed by atoms with van der Waals surface area (Å²) in [7, 11) is 0. The lowest BCUT2D eigenvalue weighted by atomic mass is 10.1. The summed E-state index contributed by atoms with van der Waals surface area (Å²) >= 11 is 3.07. The number of piperidine rings is 1. The Kier molecular flexibility index (Phi) is 5.51. The highest BCUT2D eigenvalue weighted by Gasteiger charge is 2.24. The smallest absolute Gasteiger partial charge is 0.253 e. The zero-order chi connectivity index (χ0) is 14.5. The first kappa shape index (κ1) is 15.4. The van der Waals surface area contributed by atoms with Crippen LogP contribution in [0.4, 0.5) is 4.39 Å². The predicted molar refractivity (Wildman–Crippen MR) is 76.1 cm³/mol. The zero-order valence-electron chi connectivity index (χ0n) is 11.0. The number of rotatable bonds is 4. The highest BCUT2D eigenvalue weighted by atomic mass is 79.9. The van der Waals surface area contributed by atoms with Gasteiger partial charge in [0, 0.05) is 18.7 Å². The van der Waals surface area contributed by atoms with Gasteiger partial charge >= 0.3 is 0 Å². The standard InChI is InChI=1S/C14H17BrFNO3/c15-12-2-1-10(9-13(12)16)14(19)17-5-3-11(4-6-17)20-8-7-18/h1-2,9,11,18H,3-8H2. The van der Waals surface area contributed by atoms with Crippen LogP contribution in [-0.2, 0) is 4.74 Å². The Morgan fingerprint density at radius 2 is 2.15 bits per heavy atom. The van der Waals surface area contributed by atoms with E-state index in [1.807, 2.05) is 0 Å². The normalized spacial score (nSPS) is 16.4. The molecule has 1 aliphatic rings. The fourth-order valence-corrected chi connectivity index (χ4v) is 2.50. The third-order valence-electron chi connectivity index (χ3n) is 3.34. The van der Waals surface area contributed by atoms with E-state index in [0.717, 1.165) is 12.8 Å². The van der Waals surface area contributed by atoms with Crippen molar-refractivity contribution in [1.82, 2.24) is 4.90 Å². The van der Waals surface area contributed by atoms with Gasteiger partial charge in [0.25, 0.3) is 5.91 Å². The first-order valence-electron chi connectivity index (χ1n) is 6.58. The number of aliphatic hydroxyl groups excluding tert-OH is 1. The van der Waals surface area contributed by atoms with Crippen LogP contribution in [0.15, 0.2) is 22.7 Å². The van der Waals surface area contributed by atoms with E-state index in [0.29, 0.717) is 29.7 Å². The van der Waals surface area contributed by atoms with Crippen LogP contribution in [0.25, 0.3) is 0 Å². The second-order valence-corrected chi connectivity index (χ2v) is 5.57. The summed E-state index contributed by atoms with van der Waals surface area (Å²) in [6, 6.07) is 4.41. The number of hydrogen-bond donors (Lipinski definition) is 1. The molecule has 20 heavy (non-hydrogen) atoms. The van der Waals surface area contributed by atoms with Gasteiger partial charge in [-0.15, -0.1) is 0 Å². The van der Waals surface area contributed by atoms with Gasteiger partial charge in [-0.05, 0) is 47.0 Å². The maximum absolute atomic E-state index is 13.4. The van der Waals surface area contributed by atoms with Crippen LogP contribution in [0.2, 0.25) is 0 Å². The quantitative estimate of drug-likeness (QED) is 0.910. The summed E-state index contributed by atoms with van der Waals surface area (Å²) in [5.41, 5.74) is 0.362. The van der Waals surface area contributed by atoms with Crippen LogP contribution in [-0.4, -0.2) is 48.3 Å². The Bertz CT molecular complexity index is 475. The Hall–Kier alpha value is -0.980. The number of benzene rings is 1. The fourth-order valence-electron chi connectivity index (χ4n) is 2.26. The number of ether oxygens (including phenoxy) is 1. The van der Waals surface area contributed by atoms with Crippen LogP contribution in [0.1, 0.15) is 23.2 Å². The number of carbonyl (C=O) groups is 1. The van der Waals surface area contributed by atoms with E-state index in [2.05, 4.69) is 15.9 Å². The lowest BCUT2D eigenvalue weighted by Crippen LogP contribution is -2.41. The van der Waals surface area contributed by atoms with Crippen molar-refractivity contribution in [2.45, 2.75) is 18.9 Å². The third-order valence-corrected chi connectivity index (χ3v) is 3.98. The Morgan fingerprint density at radius 3 is 2.75 bits per heavy atom. The van der Waals surface area contributed by atoms with E-state index < -0.39 is 5.82 Å². The lowest BCUT2D eigenvalue weighted by Gasteiger charge is -2.32. The molecule has 4 nitrogen and oxygen atoms in total. The maximum atomic E-state index is 13.4. The summed E-state index contributed by atoms with van der Waals surface area (Å²) in [6.07, 6.45) is 1.57. The van der Waals surface area contributed by atoms with Crippen LogP contribution in [0.3, 0.4) is 0 Å². The molecule has 2 rings (SSSR count). The molecule has 1 fully saturated rings. The molecular weight excluding hydrogens is 329 g/mol. The monoisotopic (exact) mass is 345 g/mol. The number of amides is 1. The molecule has 0 aromatic heterocycles. The van der Waals surface area contributed by atoms with Gasteiger partial charge in [0.1, 0.15) is 5.82 Å². The van der Waals surface area contributed by atoms with E-state index in [-0.39, 0.29) is 18.6 Å². The number of likely N-dealkylation sites (tertiary alicyclic amines) is 1. The summed E-state index contributed by atoms with van der Waals surface area (Å²) in [5.74, 6) is -0.589. The summed E-state index contributed by atoms with van der Waals surface area (Å²) in [6.45, 7) is 1.52. The largest absolute Gasteiger partial charge is 0.394 e. The fraction of sp³-hybridized carbons (Fsp3) is 0.500. The minimum absolute atomic E-state index is 0.0112. The van der Waals surface area contributed by atoms with Gasteiger partial charge in [0.15, 0.2) is 0 Å². The molecule has 110 valence electrons. The third kappa shape index (κ3) is 3.77. The van der Waals surface area contributed by atoms with Gasteiger partial charge in [0.05, 0.1) is 23.8 Å². The molecule has 0 radical (unpaired) electrons. The number of carbonyl (C=O) groups excluding carboxylic acids is 1. The van der Waals surface area contributed by atoms with Gasteiger partial charge in [-0.2, -0.15) is 0 Å². The van der Waals surface area contributed by atoms with Gasteiger partial charge in [-0.3, -0.25) is 4.79 Å². The number of hydrogen-bond acceptors (Lipinski definition) is 3. The highest BCUT2D eigenvalue weighted by Crippen LogP contribution is 2.20. The second-order valence-electron chi connectivity index (χ2n) is 4.71. The van der Waals surface area contributed by atoms with Crippen molar-refractivity contribution in [2.24, 2.45) is 0 Å². The Labute approximate surface area is 125 Å². The van der Waals surface area contributed by atoms with Gasteiger partial charge in [0.2, 0.25) is 0 Å². The van der Waals surface area contributed by atoms with E-state index in [1.54, 1.807) is 17.0 Å². The first-order chi connectivity index (χ1) is 9.61. The zero-order valence-corrected chi connectivity index (χ0v) is 12.6. The molecule has 1 heterocycles. The van der Waals surface area contributed by atoms with Crippen LogP contribution < -0.4 is 0 Å². The summed E-state index contributed by atoms with van der Waals surface area (Å²) < 4.78 is 19.2. The SMILES string of the molecule is O=C(c1ccc(Br)c(F)c1)N1CCC(OCCO)CC1. The highest BCUT2D eigenvalue weighted by molar-refractivity contribution is 9.10. The lowest BCUT2D eigenvalue weighted by molar-refractivity contribution is -0.00555. The minimum Gasteiger partial charge on any atom is -0.394 e. The number of aliphatic hydroxyl groups is 1. The number of halogens is 2. The van der Waals surface area contributed by atoms with Crippen molar-refractivity contribution in [3.05, 3.63) is 34.1 Å². The molecule has 1 saturated heterocycles. The van der Waals surface area contributed by atoms with Gasteiger partial charge < -0.3 is 14.7 Å². The predicted octanol–water partition coefficient (Wildman–Crippen LogP) is 2.20. The van der Waals surface area contributed by atoms with E-state index in [9.17, 15) is 9.18 Å². The molecule has 1 N–H and O–H groups in total. The average Bonchev–Trinajstić information content (AvgIpc) is 2.48. The molecule has 0 spiro atoms. The molecule has 1 amide bonds. The molecule has 0 unspecified atom stereocenters. The summed E-state index contributed by atoms with van der Waals surface area (Å²) in [4.78, 5) is 14.0. The van der Waals surface area contributed by atoms with Crippen molar-refractivity contribution >= 4 is 21.8 Å². The van der Waals surface area contributed by atoms with Crippen LogP contribution in [0, 0.1) is 5.82 Å². The molecule has 0 saturated carbocycles. The van der Waals surface area contributed by atoms with E-state index in [1.165, 1.54) is 6.07 Å². The maximum Gasteiger partial charge on any atom is 0.253 e. The second kappa shape index (κ2) is 7.15. The van der Waals surface area contributed by atoms with Crippen LogP contribution in [0.5, 0.6) is 0 Å². The van der Waals surface area contributed by atoms with Crippen molar-refractivity contribution in [2.75, 3.05) is 26.3 Å². The van der Waals surface area contributed by atoms with E-state index >= 15 is 0 Å². The van der Waals surface area contributed by atoms with Crippen molar-refractivity contribution in [3.63, 3.8) is 0 Å². The molecule has 0 bridgehead atoms. The molecule has 6 heteroatoms. The molecule has 1 aromatic rings. The molecular formula is C14H17BrFNO3. The summed E-state index contributed by atoms with van der Waals surface area (Å²) in [5, 5.41) is 8.71. The topological polar surface area (TPSA) is 49.8 Å². The first-order valence-corrected chi connectivity index (χ1v) is 7.38. The molecule has 0 aliphatic carbocycles. The molecule has 0 atom stereocenters. The van der Waals surface area contributed by atoms with Gasteiger partial charge in [-0.25, -0.2) is 4.39 Å². The number of nitrogens with zero attached hydrogens (tertiary/aromatic N) is 1. The van der Waals surface area contributed by atoms with Crippen molar-refractivity contribution in [3.8, 4) is 0 Å². The van der Waals surface area contributed by atoms with Crippen LogP contribution >= 0.6 is 15.9 Å². The Morgan fingerprint density at radius 1 is 1.45 bits per heavy atom.